The van der Waals surface area contributed by atoms with Gasteiger partial charge >= 0.3 is 5.63 Å². The predicted molar refractivity (Wildman–Crippen MR) is 97.0 cm³/mol. The molecule has 27 heavy (non-hydrogen) atoms. The van der Waals surface area contributed by atoms with E-state index in [1.54, 1.807) is 19.9 Å². The number of hydrogen-bond donors (Lipinski definition) is 2. The van der Waals surface area contributed by atoms with Crippen molar-refractivity contribution in [3.05, 3.63) is 74.6 Å². The van der Waals surface area contributed by atoms with Crippen molar-refractivity contribution in [3.8, 4) is 5.75 Å². The maximum absolute atomic E-state index is 14.1. The number of halogens is 2. The highest BCUT2D eigenvalue weighted by Gasteiger charge is 2.27. The summed E-state index contributed by atoms with van der Waals surface area (Å²) in [4.78, 5) is 11.6. The highest BCUT2D eigenvalue weighted by Crippen LogP contribution is 2.37. The fraction of sp³-hybridized carbons (Fsp3) is 0.200. The number of hydrogen-bond acceptors (Lipinski definition) is 5. The van der Waals surface area contributed by atoms with E-state index in [9.17, 15) is 18.7 Å². The van der Waals surface area contributed by atoms with Gasteiger partial charge < -0.3 is 14.9 Å². The Hall–Kier alpha value is -3.22. The lowest BCUT2D eigenvalue weighted by molar-refractivity contribution is 0.476. The normalized spacial score (nSPS) is 16.4. The number of aryl methyl sites for hydroxylation is 2. The van der Waals surface area contributed by atoms with E-state index in [1.807, 2.05) is 0 Å². The molecule has 0 bridgehead atoms. The van der Waals surface area contributed by atoms with Crippen LogP contribution in [0, 0.1) is 25.5 Å². The molecular formula is C20H16F2N2O3. The first-order chi connectivity index (χ1) is 12.8. The highest BCUT2D eigenvalue weighted by atomic mass is 19.1. The molecule has 4 rings (SSSR count). The van der Waals surface area contributed by atoms with Gasteiger partial charge in [0.25, 0.3) is 0 Å². The molecule has 0 aliphatic carbocycles. The first-order valence-electron chi connectivity index (χ1n) is 8.39. The first kappa shape index (κ1) is 17.2. The van der Waals surface area contributed by atoms with Gasteiger partial charge in [-0.05, 0) is 37.1 Å². The number of phenols is 1. The lowest BCUT2D eigenvalue weighted by Gasteiger charge is -2.13. The topological polar surface area (TPSA) is 74.8 Å². The molecule has 0 saturated carbocycles. The average Bonchev–Trinajstić information content (AvgIpc) is 3.02. The maximum Gasteiger partial charge on any atom is 0.336 e. The first-order valence-corrected chi connectivity index (χ1v) is 8.39. The van der Waals surface area contributed by atoms with E-state index in [1.165, 1.54) is 18.2 Å². The molecule has 7 heteroatoms. The Morgan fingerprint density at radius 1 is 1.19 bits per heavy atom. The molecule has 0 radical (unpaired) electrons. The van der Waals surface area contributed by atoms with Crippen LogP contribution < -0.4 is 11.1 Å². The third-order valence-corrected chi connectivity index (χ3v) is 4.78. The molecule has 1 atom stereocenters. The molecular weight excluding hydrogens is 354 g/mol. The van der Waals surface area contributed by atoms with Gasteiger partial charge in [0.05, 0.1) is 17.1 Å². The van der Waals surface area contributed by atoms with Crippen LogP contribution in [0.25, 0.3) is 11.0 Å². The van der Waals surface area contributed by atoms with Crippen molar-refractivity contribution in [2.75, 3.05) is 0 Å². The third-order valence-electron chi connectivity index (χ3n) is 4.78. The van der Waals surface area contributed by atoms with Crippen LogP contribution in [0.1, 0.15) is 34.7 Å². The van der Waals surface area contributed by atoms with Crippen LogP contribution >= 0.6 is 0 Å². The monoisotopic (exact) mass is 370 g/mol. The number of fused-ring (bicyclic) bond motifs is 1. The van der Waals surface area contributed by atoms with Crippen LogP contribution in [-0.4, -0.2) is 10.8 Å². The summed E-state index contributed by atoms with van der Waals surface area (Å²) in [5, 5.41) is 15.5. The zero-order valence-corrected chi connectivity index (χ0v) is 14.6. The molecule has 1 aliphatic rings. The van der Waals surface area contributed by atoms with E-state index in [0.717, 1.165) is 6.07 Å². The minimum atomic E-state index is -0.652. The molecule has 3 aromatic rings. The Labute approximate surface area is 152 Å². The minimum absolute atomic E-state index is 0.0352. The van der Waals surface area contributed by atoms with Crippen molar-refractivity contribution in [2.45, 2.75) is 26.3 Å². The fourth-order valence-electron chi connectivity index (χ4n) is 3.54. The molecule has 2 N–H and O–H groups in total. The Kier molecular flexibility index (Phi) is 3.95. The Morgan fingerprint density at radius 2 is 1.96 bits per heavy atom. The second kappa shape index (κ2) is 6.19. The van der Waals surface area contributed by atoms with E-state index < -0.39 is 23.3 Å². The molecule has 138 valence electrons. The smallest absolute Gasteiger partial charge is 0.336 e. The SMILES string of the molecule is Cc1cc2oc(=O)cc(C)c2c(O)c1C1=NN[C@H](c2ccc(F)cc2F)C1. The van der Waals surface area contributed by atoms with Gasteiger partial charge in [-0.1, -0.05) is 6.07 Å². The van der Waals surface area contributed by atoms with Gasteiger partial charge in [0.2, 0.25) is 0 Å². The molecule has 1 aromatic heterocycles. The fourth-order valence-corrected chi connectivity index (χ4v) is 3.54. The Morgan fingerprint density at radius 3 is 2.70 bits per heavy atom. The number of benzene rings is 2. The van der Waals surface area contributed by atoms with Crippen molar-refractivity contribution < 1.29 is 18.3 Å². The van der Waals surface area contributed by atoms with E-state index in [0.29, 0.717) is 45.4 Å². The Balaban J connectivity index is 1.76. The summed E-state index contributed by atoms with van der Waals surface area (Å²) in [5.41, 5.74) is 5.28. The standard InChI is InChI=1S/C20H16F2N2O3/c1-9-5-16-19(10(2)6-17(25)27-16)20(26)18(9)15-8-14(23-24-15)12-4-3-11(21)7-13(12)22/h3-7,14,23,26H,8H2,1-2H3/t14-/m0/s1. The van der Waals surface area contributed by atoms with Gasteiger partial charge in [-0.15, -0.1) is 0 Å². The molecule has 0 amide bonds. The van der Waals surface area contributed by atoms with Crippen LogP contribution in [0.15, 0.2) is 44.6 Å². The minimum Gasteiger partial charge on any atom is -0.506 e. The summed E-state index contributed by atoms with van der Waals surface area (Å²) in [7, 11) is 0. The number of nitrogens with zero attached hydrogens (tertiary/aromatic N) is 1. The van der Waals surface area contributed by atoms with Gasteiger partial charge in [-0.3, -0.25) is 0 Å². The number of phenolic OH excluding ortho intramolecular Hbond substituents is 1. The molecule has 1 aliphatic heterocycles. The molecule has 0 saturated heterocycles. The zero-order chi connectivity index (χ0) is 19.3. The second-order valence-corrected chi connectivity index (χ2v) is 6.65. The molecule has 2 aromatic carbocycles. The molecule has 0 unspecified atom stereocenters. The predicted octanol–water partition coefficient (Wildman–Crippen LogP) is 3.83. The summed E-state index contributed by atoms with van der Waals surface area (Å²) in [5.74, 6) is -1.33. The van der Waals surface area contributed by atoms with Crippen molar-refractivity contribution in [1.29, 1.82) is 0 Å². The van der Waals surface area contributed by atoms with E-state index in [2.05, 4.69) is 10.5 Å². The molecule has 0 spiro atoms. The van der Waals surface area contributed by atoms with Crippen LogP contribution in [0.4, 0.5) is 8.78 Å². The summed E-state index contributed by atoms with van der Waals surface area (Å²) in [6, 6.07) is 5.93. The van der Waals surface area contributed by atoms with E-state index >= 15 is 0 Å². The Bertz CT molecular complexity index is 1170. The van der Waals surface area contributed by atoms with Crippen molar-refractivity contribution in [2.24, 2.45) is 5.10 Å². The van der Waals surface area contributed by atoms with Crippen LogP contribution in [0.3, 0.4) is 0 Å². The summed E-state index contributed by atoms with van der Waals surface area (Å²) >= 11 is 0. The van der Waals surface area contributed by atoms with Gasteiger partial charge in [0.1, 0.15) is 23.0 Å². The maximum atomic E-state index is 14.1. The van der Waals surface area contributed by atoms with Crippen molar-refractivity contribution in [1.82, 2.24) is 5.43 Å². The summed E-state index contributed by atoms with van der Waals surface area (Å²) in [6.07, 6.45) is 0.318. The molecule has 5 nitrogen and oxygen atoms in total. The zero-order valence-electron chi connectivity index (χ0n) is 14.6. The lowest BCUT2D eigenvalue weighted by Crippen LogP contribution is -2.12. The van der Waals surface area contributed by atoms with Crippen LogP contribution in [0.2, 0.25) is 0 Å². The van der Waals surface area contributed by atoms with Gasteiger partial charge in [0, 0.05) is 29.7 Å². The highest BCUT2D eigenvalue weighted by molar-refractivity contribution is 6.09. The average molecular weight is 370 g/mol. The van der Waals surface area contributed by atoms with Crippen LogP contribution in [0.5, 0.6) is 5.75 Å². The molecule has 0 fully saturated rings. The lowest BCUT2D eigenvalue weighted by atomic mass is 9.93. The van der Waals surface area contributed by atoms with Gasteiger partial charge in [-0.25, -0.2) is 13.6 Å². The number of aromatic hydroxyl groups is 1. The van der Waals surface area contributed by atoms with E-state index in [4.69, 9.17) is 4.42 Å². The van der Waals surface area contributed by atoms with E-state index in [-0.39, 0.29) is 5.75 Å². The number of nitrogens with one attached hydrogen (secondary N) is 1. The van der Waals surface area contributed by atoms with Crippen molar-refractivity contribution in [3.63, 3.8) is 0 Å². The third kappa shape index (κ3) is 2.85. The number of hydrazone groups is 1. The summed E-state index contributed by atoms with van der Waals surface area (Å²) < 4.78 is 32.4. The van der Waals surface area contributed by atoms with Crippen LogP contribution in [-0.2, 0) is 0 Å². The summed E-state index contributed by atoms with van der Waals surface area (Å²) in [6.45, 7) is 3.48. The molecule has 2 heterocycles. The van der Waals surface area contributed by atoms with Gasteiger partial charge in [-0.2, -0.15) is 5.10 Å². The second-order valence-electron chi connectivity index (χ2n) is 6.65. The largest absolute Gasteiger partial charge is 0.506 e. The van der Waals surface area contributed by atoms with Crippen molar-refractivity contribution >= 4 is 16.7 Å². The number of rotatable bonds is 2. The quantitative estimate of drug-likeness (QED) is 0.673. The van der Waals surface area contributed by atoms with Gasteiger partial charge in [0.15, 0.2) is 0 Å².